The quantitative estimate of drug-likeness (QED) is 0.856. The number of amides is 1. The van der Waals surface area contributed by atoms with Gasteiger partial charge in [-0.25, -0.2) is 9.78 Å². The van der Waals surface area contributed by atoms with Crippen molar-refractivity contribution in [1.29, 1.82) is 0 Å². The predicted molar refractivity (Wildman–Crippen MR) is 86.4 cm³/mol. The molecule has 6 nitrogen and oxygen atoms in total. The van der Waals surface area contributed by atoms with Gasteiger partial charge in [0, 0.05) is 25.2 Å². The van der Waals surface area contributed by atoms with E-state index in [1.165, 1.54) is 0 Å². The van der Waals surface area contributed by atoms with E-state index in [1.807, 2.05) is 11.0 Å². The molecule has 2 aliphatic heterocycles. The van der Waals surface area contributed by atoms with E-state index < -0.39 is 0 Å². The molecule has 124 valence electrons. The fourth-order valence-electron chi connectivity index (χ4n) is 3.28. The summed E-state index contributed by atoms with van der Waals surface area (Å²) in [6.45, 7) is 5.88. The maximum Gasteiger partial charge on any atom is 0.342 e. The second-order valence-corrected chi connectivity index (χ2v) is 6.63. The van der Waals surface area contributed by atoms with E-state index in [2.05, 4.69) is 13.8 Å². The molecule has 1 atom stereocenters. The number of hydrogen-bond donors (Lipinski definition) is 1. The zero-order valence-corrected chi connectivity index (χ0v) is 13.7. The Balaban J connectivity index is 2.04. The third kappa shape index (κ3) is 3.02. The number of primary amides is 1. The van der Waals surface area contributed by atoms with Crippen molar-refractivity contribution < 1.29 is 14.3 Å². The minimum Gasteiger partial charge on any atom is -0.462 e. The van der Waals surface area contributed by atoms with Crippen molar-refractivity contribution in [2.45, 2.75) is 39.0 Å². The second kappa shape index (κ2) is 6.18. The molecule has 1 amide bonds. The normalized spacial score (nSPS) is 21.1. The van der Waals surface area contributed by atoms with E-state index in [0.717, 1.165) is 30.6 Å². The highest BCUT2D eigenvalue weighted by molar-refractivity contribution is 5.97. The minimum atomic E-state index is -0.315. The van der Waals surface area contributed by atoms with Crippen LogP contribution in [-0.2, 0) is 16.0 Å². The molecule has 3 heterocycles. The number of rotatable bonds is 3. The Hall–Kier alpha value is -2.11. The van der Waals surface area contributed by atoms with Gasteiger partial charge in [0.05, 0.1) is 12.5 Å². The zero-order valence-electron chi connectivity index (χ0n) is 13.7. The predicted octanol–water partition coefficient (Wildman–Crippen LogP) is 1.62. The summed E-state index contributed by atoms with van der Waals surface area (Å²) in [7, 11) is 0. The van der Waals surface area contributed by atoms with Crippen LogP contribution in [0.3, 0.4) is 0 Å². The van der Waals surface area contributed by atoms with Gasteiger partial charge >= 0.3 is 5.97 Å². The van der Waals surface area contributed by atoms with Crippen LogP contribution in [0.25, 0.3) is 0 Å². The summed E-state index contributed by atoms with van der Waals surface area (Å²) in [6, 6.07) is 2.01. The first-order valence-electron chi connectivity index (χ1n) is 8.22. The SMILES string of the molecule is CC(C)c1cc2c(c(N3CCCC(C(N)=O)C3)n1)C(=O)OCC2. The van der Waals surface area contributed by atoms with Crippen LogP contribution < -0.4 is 10.6 Å². The van der Waals surface area contributed by atoms with Crippen molar-refractivity contribution in [3.8, 4) is 0 Å². The number of ether oxygens (including phenoxy) is 1. The molecule has 0 aromatic carbocycles. The number of pyridine rings is 1. The summed E-state index contributed by atoms with van der Waals surface area (Å²) in [6.07, 6.45) is 2.37. The molecule has 1 unspecified atom stereocenters. The average molecular weight is 317 g/mol. The molecule has 1 aromatic heterocycles. The summed E-state index contributed by atoms with van der Waals surface area (Å²) in [5.74, 6) is 0.135. The van der Waals surface area contributed by atoms with Crippen LogP contribution in [0.2, 0.25) is 0 Å². The standard InChI is InChI=1S/C17H23N3O3/c1-10(2)13-8-11-5-7-23-17(22)14(11)16(19-13)20-6-3-4-12(9-20)15(18)21/h8,10,12H,3-7,9H2,1-2H3,(H2,18,21). The zero-order chi connectivity index (χ0) is 16.6. The molecule has 0 spiro atoms. The smallest absolute Gasteiger partial charge is 0.342 e. The number of piperidine rings is 1. The monoisotopic (exact) mass is 317 g/mol. The van der Waals surface area contributed by atoms with E-state index in [0.29, 0.717) is 31.0 Å². The molecule has 1 aromatic rings. The van der Waals surface area contributed by atoms with Gasteiger partial charge in [-0.1, -0.05) is 13.8 Å². The first-order valence-corrected chi connectivity index (χ1v) is 8.22. The third-order valence-electron chi connectivity index (χ3n) is 4.63. The minimum absolute atomic E-state index is 0.191. The number of esters is 1. The molecule has 3 rings (SSSR count). The van der Waals surface area contributed by atoms with Gasteiger partial charge in [-0.2, -0.15) is 0 Å². The third-order valence-corrected chi connectivity index (χ3v) is 4.63. The molecular weight excluding hydrogens is 294 g/mol. The van der Waals surface area contributed by atoms with Gasteiger partial charge in [-0.05, 0) is 30.4 Å². The lowest BCUT2D eigenvalue weighted by molar-refractivity contribution is -0.122. The van der Waals surface area contributed by atoms with Crippen molar-refractivity contribution in [3.05, 3.63) is 22.9 Å². The Bertz CT molecular complexity index is 642. The first-order chi connectivity index (χ1) is 11.0. The molecule has 0 aliphatic carbocycles. The molecule has 0 radical (unpaired) electrons. The molecule has 2 aliphatic rings. The van der Waals surface area contributed by atoms with E-state index in [4.69, 9.17) is 15.5 Å². The first kappa shape index (κ1) is 15.8. The van der Waals surface area contributed by atoms with Crippen LogP contribution in [0.15, 0.2) is 6.07 Å². The lowest BCUT2D eigenvalue weighted by Gasteiger charge is -2.34. The summed E-state index contributed by atoms with van der Waals surface area (Å²) in [4.78, 5) is 30.6. The average Bonchev–Trinajstić information content (AvgIpc) is 2.54. The molecule has 1 saturated heterocycles. The molecule has 1 fully saturated rings. The number of carbonyl (C=O) groups is 2. The van der Waals surface area contributed by atoms with Crippen molar-refractivity contribution in [2.24, 2.45) is 11.7 Å². The molecule has 2 N–H and O–H groups in total. The molecule has 0 bridgehead atoms. The number of hydrogen-bond acceptors (Lipinski definition) is 5. The van der Waals surface area contributed by atoms with Gasteiger partial charge in [-0.3, -0.25) is 4.79 Å². The Morgan fingerprint density at radius 1 is 1.48 bits per heavy atom. The summed E-state index contributed by atoms with van der Waals surface area (Å²) >= 11 is 0. The largest absolute Gasteiger partial charge is 0.462 e. The number of fused-ring (bicyclic) bond motifs is 1. The van der Waals surface area contributed by atoms with E-state index in [9.17, 15) is 9.59 Å². The van der Waals surface area contributed by atoms with Crippen LogP contribution in [0.5, 0.6) is 0 Å². The maximum absolute atomic E-state index is 12.3. The van der Waals surface area contributed by atoms with Crippen LogP contribution in [0.1, 0.15) is 54.2 Å². The van der Waals surface area contributed by atoms with Gasteiger partial charge in [-0.15, -0.1) is 0 Å². The van der Waals surface area contributed by atoms with Gasteiger partial charge < -0.3 is 15.4 Å². The van der Waals surface area contributed by atoms with Crippen LogP contribution in [0, 0.1) is 5.92 Å². The number of aromatic nitrogens is 1. The highest BCUT2D eigenvalue weighted by Crippen LogP contribution is 2.32. The molecule has 23 heavy (non-hydrogen) atoms. The topological polar surface area (TPSA) is 85.5 Å². The summed E-state index contributed by atoms with van der Waals surface area (Å²) in [5.41, 5.74) is 8.00. The Morgan fingerprint density at radius 2 is 2.26 bits per heavy atom. The van der Waals surface area contributed by atoms with E-state index >= 15 is 0 Å². The van der Waals surface area contributed by atoms with Crippen LogP contribution in [0.4, 0.5) is 5.82 Å². The number of nitrogens with zero attached hydrogens (tertiary/aromatic N) is 2. The number of carbonyl (C=O) groups excluding carboxylic acids is 2. The Labute approximate surface area is 136 Å². The Morgan fingerprint density at radius 3 is 2.96 bits per heavy atom. The van der Waals surface area contributed by atoms with Gasteiger partial charge in [0.2, 0.25) is 5.91 Å². The van der Waals surface area contributed by atoms with Gasteiger partial charge in [0.1, 0.15) is 11.4 Å². The fraction of sp³-hybridized carbons (Fsp3) is 0.588. The lowest BCUT2D eigenvalue weighted by atomic mass is 9.95. The van der Waals surface area contributed by atoms with Gasteiger partial charge in [0.25, 0.3) is 0 Å². The van der Waals surface area contributed by atoms with Crippen molar-refractivity contribution in [3.63, 3.8) is 0 Å². The van der Waals surface area contributed by atoms with E-state index in [1.54, 1.807) is 0 Å². The van der Waals surface area contributed by atoms with E-state index in [-0.39, 0.29) is 23.7 Å². The molecule has 6 heteroatoms. The van der Waals surface area contributed by atoms with Crippen molar-refractivity contribution in [2.75, 3.05) is 24.6 Å². The fourth-order valence-corrected chi connectivity index (χ4v) is 3.28. The van der Waals surface area contributed by atoms with Crippen LogP contribution in [-0.4, -0.2) is 36.6 Å². The van der Waals surface area contributed by atoms with Crippen molar-refractivity contribution in [1.82, 2.24) is 4.98 Å². The highest BCUT2D eigenvalue weighted by Gasteiger charge is 2.31. The van der Waals surface area contributed by atoms with Crippen LogP contribution >= 0.6 is 0 Å². The second-order valence-electron chi connectivity index (χ2n) is 6.63. The highest BCUT2D eigenvalue weighted by atomic mass is 16.5. The molecular formula is C17H23N3O3. The number of anilines is 1. The summed E-state index contributed by atoms with van der Waals surface area (Å²) < 4.78 is 5.21. The van der Waals surface area contributed by atoms with Gasteiger partial charge in [0.15, 0.2) is 0 Å². The maximum atomic E-state index is 12.3. The summed E-state index contributed by atoms with van der Waals surface area (Å²) in [5, 5.41) is 0. The van der Waals surface area contributed by atoms with Crippen molar-refractivity contribution >= 4 is 17.7 Å². The number of nitrogens with two attached hydrogens (primary N) is 1. The number of cyclic esters (lactones) is 1. The molecule has 0 saturated carbocycles. The Kier molecular flexibility index (Phi) is 4.24. The lowest BCUT2D eigenvalue weighted by Crippen LogP contribution is -2.42.